The molecule has 0 spiro atoms. The van der Waals surface area contributed by atoms with Crippen LogP contribution < -0.4 is 15.2 Å². The standard InChI is InChI=1S/C45H46N6O2/c1-49-40-14-8-6-12-36(40)38-26-32(47-42(44(38)49)30-16-20-34(52-3)21-17-30)28-51(25-11-5-10-24-46)29-33-27-39-37-13-7-9-15-41(37)50(2)45(39)43(48-33)31-18-22-35(53-4)23-19-31/h6-9,12-23,26-27H,5,10-11,24-25,28-29,46H2,1-4H3. The second-order valence-corrected chi connectivity index (χ2v) is 13.9. The van der Waals surface area contributed by atoms with Gasteiger partial charge in [-0.3, -0.25) is 4.90 Å². The fourth-order valence-corrected chi connectivity index (χ4v) is 7.89. The van der Waals surface area contributed by atoms with E-state index in [2.05, 4.69) is 113 Å². The normalized spacial score (nSPS) is 11.8. The summed E-state index contributed by atoms with van der Waals surface area (Å²) in [6.07, 6.45) is 3.13. The molecule has 0 unspecified atom stereocenters. The highest BCUT2D eigenvalue weighted by Crippen LogP contribution is 2.37. The number of hydrogen-bond donors (Lipinski definition) is 1. The molecular weight excluding hydrogens is 657 g/mol. The van der Waals surface area contributed by atoms with Gasteiger partial charge in [-0.25, -0.2) is 9.97 Å². The molecule has 0 aliphatic carbocycles. The van der Waals surface area contributed by atoms with Crippen LogP contribution in [0.5, 0.6) is 11.5 Å². The van der Waals surface area contributed by atoms with Crippen LogP contribution in [0.25, 0.3) is 66.1 Å². The molecule has 268 valence electrons. The second-order valence-electron chi connectivity index (χ2n) is 13.9. The zero-order chi connectivity index (χ0) is 36.5. The van der Waals surface area contributed by atoms with E-state index in [1.54, 1.807) is 14.2 Å². The molecule has 0 fully saturated rings. The molecule has 8 rings (SSSR count). The van der Waals surface area contributed by atoms with E-state index in [1.807, 2.05) is 24.3 Å². The Balaban J connectivity index is 1.24. The van der Waals surface area contributed by atoms with Gasteiger partial charge in [-0.1, -0.05) is 42.8 Å². The molecule has 0 aliphatic heterocycles. The first-order chi connectivity index (χ1) is 26.0. The predicted octanol–water partition coefficient (Wildman–Crippen LogP) is 9.25. The molecule has 4 heterocycles. The predicted molar refractivity (Wildman–Crippen MR) is 217 cm³/mol. The monoisotopic (exact) mass is 702 g/mol. The van der Waals surface area contributed by atoms with Crippen LogP contribution in [0.1, 0.15) is 30.7 Å². The van der Waals surface area contributed by atoms with Crippen LogP contribution in [0.3, 0.4) is 0 Å². The summed E-state index contributed by atoms with van der Waals surface area (Å²) in [4.78, 5) is 13.4. The summed E-state index contributed by atoms with van der Waals surface area (Å²) < 4.78 is 15.5. The topological polar surface area (TPSA) is 83.4 Å². The van der Waals surface area contributed by atoms with Gasteiger partial charge in [-0.2, -0.15) is 0 Å². The van der Waals surface area contributed by atoms with Crippen LogP contribution in [0.15, 0.2) is 109 Å². The van der Waals surface area contributed by atoms with Gasteiger partial charge < -0.3 is 24.3 Å². The van der Waals surface area contributed by atoms with Crippen molar-refractivity contribution >= 4 is 43.6 Å². The maximum atomic E-state index is 5.92. The van der Waals surface area contributed by atoms with E-state index in [1.165, 1.54) is 32.6 Å². The first kappa shape index (κ1) is 34.4. The fraction of sp³-hybridized carbons (Fsp3) is 0.244. The highest BCUT2D eigenvalue weighted by molar-refractivity contribution is 6.13. The van der Waals surface area contributed by atoms with Gasteiger partial charge in [0, 0.05) is 70.9 Å². The molecule has 4 aromatic heterocycles. The summed E-state index contributed by atoms with van der Waals surface area (Å²) in [5, 5.41) is 4.87. The molecule has 4 aromatic carbocycles. The van der Waals surface area contributed by atoms with Crippen molar-refractivity contribution in [2.24, 2.45) is 19.8 Å². The molecule has 8 aromatic rings. The number of ether oxygens (including phenoxy) is 2. The van der Waals surface area contributed by atoms with Gasteiger partial charge in [0.15, 0.2) is 0 Å². The number of unbranched alkanes of at least 4 members (excludes halogenated alkanes) is 2. The first-order valence-electron chi connectivity index (χ1n) is 18.4. The molecular formula is C45H46N6O2. The molecule has 0 bridgehead atoms. The zero-order valence-corrected chi connectivity index (χ0v) is 31.0. The van der Waals surface area contributed by atoms with Crippen molar-refractivity contribution in [1.82, 2.24) is 24.0 Å². The van der Waals surface area contributed by atoms with E-state index >= 15 is 0 Å². The minimum Gasteiger partial charge on any atom is -0.497 e. The molecule has 0 radical (unpaired) electrons. The molecule has 0 aliphatic rings. The Morgan fingerprint density at radius 2 is 1.02 bits per heavy atom. The lowest BCUT2D eigenvalue weighted by atomic mass is 10.1. The Kier molecular flexibility index (Phi) is 9.56. The van der Waals surface area contributed by atoms with Crippen molar-refractivity contribution in [3.8, 4) is 34.0 Å². The summed E-state index contributed by atoms with van der Waals surface area (Å²) in [7, 11) is 7.67. The van der Waals surface area contributed by atoms with Crippen LogP contribution in [0, 0.1) is 0 Å². The second kappa shape index (κ2) is 14.7. The summed E-state index contributed by atoms with van der Waals surface area (Å²) in [5.74, 6) is 1.65. The molecule has 8 heteroatoms. The Hall–Kier alpha value is -5.70. The number of para-hydroxylation sites is 2. The third-order valence-electron chi connectivity index (χ3n) is 10.6. The smallest absolute Gasteiger partial charge is 0.118 e. The van der Waals surface area contributed by atoms with Crippen LogP contribution >= 0.6 is 0 Å². The Morgan fingerprint density at radius 1 is 0.566 bits per heavy atom. The van der Waals surface area contributed by atoms with E-state index < -0.39 is 0 Å². The van der Waals surface area contributed by atoms with E-state index in [4.69, 9.17) is 25.2 Å². The first-order valence-corrected chi connectivity index (χ1v) is 18.4. The lowest BCUT2D eigenvalue weighted by molar-refractivity contribution is 0.245. The zero-order valence-electron chi connectivity index (χ0n) is 31.0. The Labute approximate surface area is 310 Å². The number of benzene rings is 4. The number of rotatable bonds is 13. The number of hydrogen-bond acceptors (Lipinski definition) is 6. The number of aromatic nitrogens is 4. The summed E-state index contributed by atoms with van der Waals surface area (Å²) in [6.45, 7) is 2.96. The Bertz CT molecular complexity index is 2380. The van der Waals surface area contributed by atoms with Crippen molar-refractivity contribution in [3.63, 3.8) is 0 Å². The molecule has 0 saturated carbocycles. The molecule has 0 atom stereocenters. The van der Waals surface area contributed by atoms with E-state index in [-0.39, 0.29) is 0 Å². The quantitative estimate of drug-likeness (QED) is 0.121. The van der Waals surface area contributed by atoms with E-state index in [0.717, 1.165) is 82.2 Å². The van der Waals surface area contributed by atoms with Crippen LogP contribution in [0.2, 0.25) is 0 Å². The number of pyridine rings is 2. The number of nitrogens with zero attached hydrogens (tertiary/aromatic N) is 5. The largest absolute Gasteiger partial charge is 0.497 e. The minimum atomic E-state index is 0.679. The van der Waals surface area contributed by atoms with Crippen molar-refractivity contribution in [1.29, 1.82) is 0 Å². The summed E-state index contributed by atoms with van der Waals surface area (Å²) in [6, 6.07) is 38.3. The van der Waals surface area contributed by atoms with Crippen molar-refractivity contribution in [3.05, 3.63) is 121 Å². The van der Waals surface area contributed by atoms with E-state index in [0.29, 0.717) is 19.6 Å². The van der Waals surface area contributed by atoms with Gasteiger partial charge in [0.25, 0.3) is 0 Å². The van der Waals surface area contributed by atoms with Gasteiger partial charge in [0.2, 0.25) is 0 Å². The van der Waals surface area contributed by atoms with Gasteiger partial charge >= 0.3 is 0 Å². The van der Waals surface area contributed by atoms with Crippen LogP contribution in [0.4, 0.5) is 0 Å². The SMILES string of the molecule is COc1ccc(-c2nc(CN(CCCCCN)Cc3cc4c5ccccc5n(C)c4c(-c4ccc(OC)cc4)n3)cc3c4ccccc4n(C)c23)cc1. The van der Waals surface area contributed by atoms with Crippen LogP contribution in [-0.4, -0.2) is 51.3 Å². The molecule has 2 N–H and O–H groups in total. The molecule has 8 nitrogen and oxygen atoms in total. The lowest BCUT2D eigenvalue weighted by Crippen LogP contribution is -2.25. The third-order valence-corrected chi connectivity index (χ3v) is 10.6. The summed E-state index contributed by atoms with van der Waals surface area (Å²) in [5.41, 5.74) is 16.7. The number of nitrogens with two attached hydrogens (primary N) is 1. The molecule has 0 amide bonds. The maximum Gasteiger partial charge on any atom is 0.118 e. The third kappa shape index (κ3) is 6.49. The average molecular weight is 703 g/mol. The average Bonchev–Trinajstić information content (AvgIpc) is 3.66. The van der Waals surface area contributed by atoms with Crippen molar-refractivity contribution < 1.29 is 9.47 Å². The van der Waals surface area contributed by atoms with Gasteiger partial charge in [-0.15, -0.1) is 0 Å². The van der Waals surface area contributed by atoms with Gasteiger partial charge in [-0.05, 0) is 98.7 Å². The lowest BCUT2D eigenvalue weighted by Gasteiger charge is -2.23. The molecule has 53 heavy (non-hydrogen) atoms. The minimum absolute atomic E-state index is 0.679. The Morgan fingerprint density at radius 3 is 1.45 bits per heavy atom. The highest BCUT2D eigenvalue weighted by Gasteiger charge is 2.21. The van der Waals surface area contributed by atoms with Gasteiger partial charge in [0.05, 0.1) is 48.0 Å². The molecule has 0 saturated heterocycles. The fourth-order valence-electron chi connectivity index (χ4n) is 7.89. The number of aryl methyl sites for hydroxylation is 2. The highest BCUT2D eigenvalue weighted by atomic mass is 16.5. The van der Waals surface area contributed by atoms with Gasteiger partial charge in [0.1, 0.15) is 11.5 Å². The number of methoxy groups -OCH3 is 2. The maximum absolute atomic E-state index is 5.92. The van der Waals surface area contributed by atoms with Crippen molar-refractivity contribution in [2.75, 3.05) is 27.3 Å². The van der Waals surface area contributed by atoms with E-state index in [9.17, 15) is 0 Å². The summed E-state index contributed by atoms with van der Waals surface area (Å²) >= 11 is 0. The number of fused-ring (bicyclic) bond motifs is 6. The van der Waals surface area contributed by atoms with Crippen molar-refractivity contribution in [2.45, 2.75) is 32.4 Å². The van der Waals surface area contributed by atoms with Crippen LogP contribution in [-0.2, 0) is 27.2 Å².